The van der Waals surface area contributed by atoms with E-state index in [4.69, 9.17) is 5.73 Å². The molecule has 6 heteroatoms. The fraction of sp³-hybridized carbons (Fsp3) is 0.500. The second-order valence-electron chi connectivity index (χ2n) is 5.09. The molecule has 1 aromatic rings. The number of nitrogens with zero attached hydrogens (tertiary/aromatic N) is 2. The number of rotatable bonds is 5. The molecule has 1 rings (SSSR count). The Morgan fingerprint density at radius 1 is 1.50 bits per heavy atom. The number of hydrogen-bond acceptors (Lipinski definition) is 4. The minimum atomic E-state index is -0.824. The number of nitro benzene ring substituents is 1. The number of anilines is 1. The van der Waals surface area contributed by atoms with Crippen molar-refractivity contribution in [3.63, 3.8) is 0 Å². The molecule has 5 nitrogen and oxygen atoms in total. The van der Waals surface area contributed by atoms with Gasteiger partial charge in [-0.2, -0.15) is 4.39 Å². The Balaban J connectivity index is 3.10. The quantitative estimate of drug-likeness (QED) is 0.646. The van der Waals surface area contributed by atoms with Gasteiger partial charge in [0.15, 0.2) is 0 Å². The van der Waals surface area contributed by atoms with E-state index >= 15 is 0 Å². The van der Waals surface area contributed by atoms with Gasteiger partial charge in [0.2, 0.25) is 5.82 Å². The third-order valence-electron chi connectivity index (χ3n) is 2.78. The van der Waals surface area contributed by atoms with Gasteiger partial charge in [0.1, 0.15) is 5.69 Å². The summed E-state index contributed by atoms with van der Waals surface area (Å²) in [5, 5.41) is 10.9. The van der Waals surface area contributed by atoms with E-state index < -0.39 is 16.4 Å². The zero-order chi connectivity index (χ0) is 13.9. The van der Waals surface area contributed by atoms with E-state index in [2.05, 4.69) is 0 Å². The summed E-state index contributed by atoms with van der Waals surface area (Å²) >= 11 is 0. The molecule has 1 aromatic carbocycles. The Hall–Kier alpha value is -1.69. The van der Waals surface area contributed by atoms with Gasteiger partial charge in [0.25, 0.3) is 0 Å². The average Bonchev–Trinajstić information content (AvgIpc) is 2.27. The van der Waals surface area contributed by atoms with E-state index in [0.29, 0.717) is 13.1 Å². The van der Waals surface area contributed by atoms with Crippen molar-refractivity contribution in [2.45, 2.75) is 13.8 Å². The van der Waals surface area contributed by atoms with Crippen LogP contribution in [0, 0.1) is 21.3 Å². The van der Waals surface area contributed by atoms with E-state index in [1.165, 1.54) is 12.1 Å². The molecule has 0 radical (unpaired) electrons. The van der Waals surface area contributed by atoms with Crippen LogP contribution in [0.4, 0.5) is 15.8 Å². The molecule has 0 aliphatic rings. The molecular weight excluding hydrogens is 237 g/mol. The zero-order valence-corrected chi connectivity index (χ0v) is 10.8. The van der Waals surface area contributed by atoms with Crippen LogP contribution in [0.15, 0.2) is 18.2 Å². The molecule has 0 saturated carbocycles. The van der Waals surface area contributed by atoms with E-state index in [1.807, 2.05) is 13.8 Å². The first kappa shape index (κ1) is 14.4. The summed E-state index contributed by atoms with van der Waals surface area (Å²) in [4.78, 5) is 11.9. The van der Waals surface area contributed by atoms with Gasteiger partial charge >= 0.3 is 5.69 Å². The number of para-hydroxylation sites is 1. The van der Waals surface area contributed by atoms with Crippen LogP contribution in [0.3, 0.4) is 0 Å². The molecule has 0 aliphatic heterocycles. The Bertz CT molecular complexity index is 449. The van der Waals surface area contributed by atoms with Crippen molar-refractivity contribution in [2.24, 2.45) is 11.1 Å². The Labute approximate surface area is 106 Å². The molecule has 0 amide bonds. The van der Waals surface area contributed by atoms with Gasteiger partial charge in [0.05, 0.1) is 4.92 Å². The highest BCUT2D eigenvalue weighted by Crippen LogP contribution is 2.31. The zero-order valence-electron chi connectivity index (χ0n) is 10.8. The van der Waals surface area contributed by atoms with Gasteiger partial charge in [-0.25, -0.2) is 0 Å². The second kappa shape index (κ2) is 5.30. The Morgan fingerprint density at radius 3 is 2.61 bits per heavy atom. The number of halogens is 1. The highest BCUT2D eigenvalue weighted by Gasteiger charge is 2.25. The lowest BCUT2D eigenvalue weighted by Crippen LogP contribution is -2.37. The number of nitro groups is 1. The lowest BCUT2D eigenvalue weighted by Gasteiger charge is -2.30. The van der Waals surface area contributed by atoms with Crippen LogP contribution < -0.4 is 10.6 Å². The van der Waals surface area contributed by atoms with Crippen LogP contribution >= 0.6 is 0 Å². The van der Waals surface area contributed by atoms with Gasteiger partial charge in [0, 0.05) is 13.6 Å². The van der Waals surface area contributed by atoms with E-state index in [-0.39, 0.29) is 11.1 Å². The Kier molecular flexibility index (Phi) is 4.24. The largest absolute Gasteiger partial charge is 0.368 e. The highest BCUT2D eigenvalue weighted by molar-refractivity contribution is 5.63. The molecule has 100 valence electrons. The first-order chi connectivity index (χ1) is 8.28. The minimum absolute atomic E-state index is 0.199. The molecule has 2 N–H and O–H groups in total. The molecule has 0 unspecified atom stereocenters. The van der Waals surface area contributed by atoms with Crippen LogP contribution in [0.1, 0.15) is 13.8 Å². The smallest absolute Gasteiger partial charge is 0.327 e. The molecule has 0 aromatic heterocycles. The maximum absolute atomic E-state index is 13.5. The van der Waals surface area contributed by atoms with E-state index in [9.17, 15) is 14.5 Å². The van der Waals surface area contributed by atoms with Crippen molar-refractivity contribution in [3.05, 3.63) is 34.1 Å². The monoisotopic (exact) mass is 255 g/mol. The van der Waals surface area contributed by atoms with Gasteiger partial charge in [-0.05, 0) is 24.1 Å². The summed E-state index contributed by atoms with van der Waals surface area (Å²) in [5.41, 5.74) is 5.20. The first-order valence-corrected chi connectivity index (χ1v) is 5.62. The maximum Gasteiger partial charge on any atom is 0.327 e. The summed E-state index contributed by atoms with van der Waals surface area (Å²) < 4.78 is 13.5. The van der Waals surface area contributed by atoms with Crippen molar-refractivity contribution >= 4 is 11.4 Å². The number of hydrogen-bond donors (Lipinski definition) is 1. The van der Waals surface area contributed by atoms with Gasteiger partial charge in [-0.15, -0.1) is 0 Å². The van der Waals surface area contributed by atoms with Crippen molar-refractivity contribution in [2.75, 3.05) is 25.0 Å². The predicted octanol–water partition coefficient (Wildman–Crippen LogP) is 2.15. The van der Waals surface area contributed by atoms with Gasteiger partial charge in [-0.1, -0.05) is 19.9 Å². The standard InChI is InChI=1S/C12H18FN3O2/c1-12(2,7-14)8-15(3)10-6-4-5-9(13)11(10)16(17)18/h4-6H,7-8,14H2,1-3H3. The van der Waals surface area contributed by atoms with Crippen LogP contribution in [-0.4, -0.2) is 25.1 Å². The fourth-order valence-corrected chi connectivity index (χ4v) is 1.78. The van der Waals surface area contributed by atoms with Crippen LogP contribution in [0.25, 0.3) is 0 Å². The maximum atomic E-state index is 13.5. The van der Waals surface area contributed by atoms with Crippen molar-refractivity contribution in [1.82, 2.24) is 0 Å². The molecular formula is C12H18FN3O2. The average molecular weight is 255 g/mol. The van der Waals surface area contributed by atoms with E-state index in [0.717, 1.165) is 6.07 Å². The molecule has 0 atom stereocenters. The van der Waals surface area contributed by atoms with Crippen LogP contribution in [0.5, 0.6) is 0 Å². The third-order valence-corrected chi connectivity index (χ3v) is 2.78. The molecule has 0 saturated heterocycles. The van der Waals surface area contributed by atoms with Crippen LogP contribution in [0.2, 0.25) is 0 Å². The van der Waals surface area contributed by atoms with Crippen molar-refractivity contribution in [1.29, 1.82) is 0 Å². The van der Waals surface area contributed by atoms with Crippen LogP contribution in [-0.2, 0) is 0 Å². The summed E-state index contributed by atoms with van der Waals surface area (Å²) in [5.74, 6) is -0.824. The lowest BCUT2D eigenvalue weighted by molar-refractivity contribution is -0.386. The molecule has 0 spiro atoms. The molecule has 0 fully saturated rings. The topological polar surface area (TPSA) is 72.4 Å². The van der Waals surface area contributed by atoms with Crippen molar-refractivity contribution in [3.8, 4) is 0 Å². The summed E-state index contributed by atoms with van der Waals surface area (Å²) in [6.45, 7) is 4.86. The molecule has 0 heterocycles. The first-order valence-electron chi connectivity index (χ1n) is 5.62. The number of benzene rings is 1. The van der Waals surface area contributed by atoms with Gasteiger partial charge < -0.3 is 10.6 Å². The normalized spacial score (nSPS) is 11.4. The third kappa shape index (κ3) is 3.16. The summed E-state index contributed by atoms with van der Waals surface area (Å²) in [6.07, 6.45) is 0. The highest BCUT2D eigenvalue weighted by atomic mass is 19.1. The summed E-state index contributed by atoms with van der Waals surface area (Å²) in [6, 6.07) is 4.08. The van der Waals surface area contributed by atoms with E-state index in [1.54, 1.807) is 11.9 Å². The minimum Gasteiger partial charge on any atom is -0.368 e. The summed E-state index contributed by atoms with van der Waals surface area (Å²) in [7, 11) is 1.69. The molecule has 0 bridgehead atoms. The number of nitrogens with two attached hydrogens (primary N) is 1. The van der Waals surface area contributed by atoms with Crippen molar-refractivity contribution < 1.29 is 9.31 Å². The molecule has 0 aliphatic carbocycles. The Morgan fingerprint density at radius 2 is 2.11 bits per heavy atom. The SMILES string of the molecule is CN(CC(C)(C)CN)c1cccc(F)c1[N+](=O)[O-]. The lowest BCUT2D eigenvalue weighted by atomic mass is 9.93. The second-order valence-corrected chi connectivity index (χ2v) is 5.09. The fourth-order valence-electron chi connectivity index (χ4n) is 1.78. The predicted molar refractivity (Wildman–Crippen MR) is 69.2 cm³/mol. The van der Waals surface area contributed by atoms with Gasteiger partial charge in [-0.3, -0.25) is 10.1 Å². The molecule has 18 heavy (non-hydrogen) atoms.